The quantitative estimate of drug-likeness (QED) is 0.589. The number of hydrogen-bond donors (Lipinski definition) is 2. The summed E-state index contributed by atoms with van der Waals surface area (Å²) in [5, 5.41) is 10.7. The van der Waals surface area contributed by atoms with Gasteiger partial charge in [-0.2, -0.15) is 0 Å². The summed E-state index contributed by atoms with van der Waals surface area (Å²) in [6.07, 6.45) is 0. The topological polar surface area (TPSA) is 115 Å². The van der Waals surface area contributed by atoms with Gasteiger partial charge in [0.25, 0.3) is 5.69 Å². The molecule has 0 radical (unpaired) electrons. The van der Waals surface area contributed by atoms with E-state index in [1.807, 2.05) is 0 Å². The fraction of sp³-hybridized carbons (Fsp3) is 0.400. The summed E-state index contributed by atoms with van der Waals surface area (Å²) in [5.74, 6) is 0. The van der Waals surface area contributed by atoms with Gasteiger partial charge in [0.15, 0.2) is 0 Å². The van der Waals surface area contributed by atoms with Crippen LogP contribution in [0.15, 0.2) is 27.6 Å². The van der Waals surface area contributed by atoms with Gasteiger partial charge in [-0.15, -0.1) is 12.4 Å². The van der Waals surface area contributed by atoms with E-state index in [0.717, 1.165) is 6.07 Å². The van der Waals surface area contributed by atoms with Gasteiger partial charge in [0.05, 0.1) is 14.3 Å². The highest BCUT2D eigenvalue weighted by atomic mass is 79.9. The Morgan fingerprint density at radius 1 is 1.45 bits per heavy atom. The molecule has 10 heteroatoms. The summed E-state index contributed by atoms with van der Waals surface area (Å²) >= 11 is 2.98. The molecule has 0 spiro atoms. The number of halogens is 2. The molecule has 0 aliphatic rings. The molecule has 0 unspecified atom stereocenters. The number of benzene rings is 1. The zero-order valence-electron chi connectivity index (χ0n) is 10.8. The average molecular weight is 389 g/mol. The smallest absolute Gasteiger partial charge is 0.283 e. The number of nitrogens with one attached hydrogen (secondary N) is 1. The normalized spacial score (nSPS) is 11.8. The van der Waals surface area contributed by atoms with Crippen LogP contribution < -0.4 is 10.5 Å². The highest BCUT2D eigenvalue weighted by Crippen LogP contribution is 2.27. The number of nitro benzene ring substituents is 1. The Labute approximate surface area is 131 Å². The molecule has 0 aliphatic heterocycles. The molecule has 0 bridgehead atoms. The molecule has 0 amide bonds. The van der Waals surface area contributed by atoms with Gasteiger partial charge in [-0.1, -0.05) is 0 Å². The van der Waals surface area contributed by atoms with Crippen molar-refractivity contribution in [1.29, 1.82) is 0 Å². The van der Waals surface area contributed by atoms with Crippen molar-refractivity contribution in [1.82, 2.24) is 4.72 Å². The fourth-order valence-corrected chi connectivity index (χ4v) is 3.39. The van der Waals surface area contributed by atoms with E-state index in [1.54, 1.807) is 13.8 Å². The lowest BCUT2D eigenvalue weighted by Crippen LogP contribution is -2.48. The fourth-order valence-electron chi connectivity index (χ4n) is 1.27. The minimum absolute atomic E-state index is 0. The van der Waals surface area contributed by atoms with Crippen molar-refractivity contribution in [2.75, 3.05) is 6.54 Å². The van der Waals surface area contributed by atoms with Crippen LogP contribution in [0.2, 0.25) is 0 Å². The van der Waals surface area contributed by atoms with Crippen LogP contribution in [-0.4, -0.2) is 25.4 Å². The summed E-state index contributed by atoms with van der Waals surface area (Å²) in [6.45, 7) is 3.41. The first-order valence-electron chi connectivity index (χ1n) is 5.27. The number of nitrogens with zero attached hydrogens (tertiary/aromatic N) is 1. The second-order valence-corrected chi connectivity index (χ2v) is 7.10. The summed E-state index contributed by atoms with van der Waals surface area (Å²) in [5.41, 5.74) is 4.46. The highest BCUT2D eigenvalue weighted by molar-refractivity contribution is 9.10. The van der Waals surface area contributed by atoms with Crippen LogP contribution in [0, 0.1) is 10.1 Å². The number of hydrogen-bond acceptors (Lipinski definition) is 5. The van der Waals surface area contributed by atoms with Crippen molar-refractivity contribution < 1.29 is 13.3 Å². The van der Waals surface area contributed by atoms with Crippen LogP contribution in [0.1, 0.15) is 13.8 Å². The van der Waals surface area contributed by atoms with E-state index < -0.39 is 20.5 Å². The van der Waals surface area contributed by atoms with E-state index in [-0.39, 0.29) is 34.0 Å². The molecular weight excluding hydrogens is 374 g/mol. The standard InChI is InChI=1S/C10H14BrN3O4S.ClH/c1-10(2,6-12)13-19(17,18)7-3-4-9(14(15)16)8(11)5-7;/h3-5,13H,6,12H2,1-2H3;1H. The molecule has 1 aromatic rings. The van der Waals surface area contributed by atoms with Crippen molar-refractivity contribution in [2.45, 2.75) is 24.3 Å². The monoisotopic (exact) mass is 387 g/mol. The molecule has 0 aliphatic carbocycles. The van der Waals surface area contributed by atoms with Gasteiger partial charge >= 0.3 is 0 Å². The summed E-state index contributed by atoms with van der Waals surface area (Å²) < 4.78 is 26.7. The van der Waals surface area contributed by atoms with Gasteiger partial charge in [0.2, 0.25) is 10.0 Å². The Hall–Kier alpha value is -0.740. The molecule has 3 N–H and O–H groups in total. The summed E-state index contributed by atoms with van der Waals surface area (Å²) in [4.78, 5) is 9.99. The summed E-state index contributed by atoms with van der Waals surface area (Å²) in [6, 6.07) is 3.50. The van der Waals surface area contributed by atoms with Crippen LogP contribution in [0.25, 0.3) is 0 Å². The van der Waals surface area contributed by atoms with Crippen molar-refractivity contribution in [3.8, 4) is 0 Å². The lowest BCUT2D eigenvalue weighted by atomic mass is 10.1. The minimum atomic E-state index is -3.78. The largest absolute Gasteiger partial charge is 0.329 e. The number of rotatable bonds is 5. The van der Waals surface area contributed by atoms with Gasteiger partial charge in [0, 0.05) is 18.2 Å². The Balaban J connectivity index is 0.00000361. The van der Waals surface area contributed by atoms with E-state index in [4.69, 9.17) is 5.73 Å². The molecule has 7 nitrogen and oxygen atoms in total. The predicted octanol–water partition coefficient (Wildman–Crippen LogP) is 1.79. The van der Waals surface area contributed by atoms with Crippen molar-refractivity contribution in [2.24, 2.45) is 5.73 Å². The first-order valence-corrected chi connectivity index (χ1v) is 7.55. The minimum Gasteiger partial charge on any atom is -0.329 e. The maximum atomic E-state index is 12.1. The second kappa shape index (κ2) is 6.81. The number of nitro groups is 1. The van der Waals surface area contributed by atoms with Crippen LogP contribution >= 0.6 is 28.3 Å². The average Bonchev–Trinajstić information content (AvgIpc) is 2.27. The number of sulfonamides is 1. The molecule has 114 valence electrons. The molecule has 1 aromatic carbocycles. The van der Waals surface area contributed by atoms with Crippen LogP contribution in [-0.2, 0) is 10.0 Å². The first kappa shape index (κ1) is 19.3. The van der Waals surface area contributed by atoms with Crippen LogP contribution in [0.5, 0.6) is 0 Å². The Morgan fingerprint density at radius 2 is 2.00 bits per heavy atom. The zero-order valence-corrected chi connectivity index (χ0v) is 14.0. The lowest BCUT2D eigenvalue weighted by molar-refractivity contribution is -0.385. The maximum absolute atomic E-state index is 12.1. The van der Waals surface area contributed by atoms with Crippen LogP contribution in [0.3, 0.4) is 0 Å². The predicted molar refractivity (Wildman–Crippen MR) is 81.5 cm³/mol. The number of nitrogens with two attached hydrogens (primary N) is 1. The third-order valence-electron chi connectivity index (χ3n) is 2.35. The third-order valence-corrected chi connectivity index (χ3v) is 4.68. The van der Waals surface area contributed by atoms with E-state index in [1.165, 1.54) is 12.1 Å². The molecule has 20 heavy (non-hydrogen) atoms. The van der Waals surface area contributed by atoms with Crippen molar-refractivity contribution >= 4 is 44.0 Å². The molecular formula is C10H15BrClN3O4S. The maximum Gasteiger partial charge on any atom is 0.283 e. The Bertz CT molecular complexity index is 607. The first-order chi connectivity index (χ1) is 8.59. The van der Waals surface area contributed by atoms with Crippen LogP contribution in [0.4, 0.5) is 5.69 Å². The van der Waals surface area contributed by atoms with Crippen molar-refractivity contribution in [3.63, 3.8) is 0 Å². The van der Waals surface area contributed by atoms with Gasteiger partial charge in [-0.3, -0.25) is 10.1 Å². The van der Waals surface area contributed by atoms with E-state index in [0.29, 0.717) is 0 Å². The molecule has 0 heterocycles. The molecule has 0 fully saturated rings. The van der Waals surface area contributed by atoms with Gasteiger partial charge in [-0.05, 0) is 41.9 Å². The Morgan fingerprint density at radius 3 is 2.40 bits per heavy atom. The molecule has 0 atom stereocenters. The molecule has 0 saturated carbocycles. The van der Waals surface area contributed by atoms with E-state index in [9.17, 15) is 18.5 Å². The third kappa shape index (κ3) is 4.67. The molecule has 1 rings (SSSR count). The van der Waals surface area contributed by atoms with Crippen molar-refractivity contribution in [3.05, 3.63) is 32.8 Å². The van der Waals surface area contributed by atoms with Gasteiger partial charge in [-0.25, -0.2) is 13.1 Å². The van der Waals surface area contributed by atoms with E-state index in [2.05, 4.69) is 20.7 Å². The van der Waals surface area contributed by atoms with Gasteiger partial charge in [0.1, 0.15) is 0 Å². The highest BCUT2D eigenvalue weighted by Gasteiger charge is 2.26. The SMILES string of the molecule is CC(C)(CN)NS(=O)(=O)c1ccc([N+](=O)[O-])c(Br)c1.Cl. The molecule has 0 saturated heterocycles. The summed E-state index contributed by atoms with van der Waals surface area (Å²) in [7, 11) is -3.78. The van der Waals surface area contributed by atoms with Gasteiger partial charge < -0.3 is 5.73 Å². The Kier molecular flexibility index (Phi) is 6.56. The molecule has 0 aromatic heterocycles. The lowest BCUT2D eigenvalue weighted by Gasteiger charge is -2.23. The second-order valence-electron chi connectivity index (χ2n) is 4.56. The zero-order chi connectivity index (χ0) is 14.8. The van der Waals surface area contributed by atoms with E-state index >= 15 is 0 Å².